The summed E-state index contributed by atoms with van der Waals surface area (Å²) in [5, 5.41) is 0.895. The molecule has 3 aromatic rings. The number of carbonyl (C=O) groups is 1. The van der Waals surface area contributed by atoms with Crippen molar-refractivity contribution in [3.05, 3.63) is 42.5 Å². The fraction of sp³-hybridized carbons (Fsp3) is 0.364. The second-order valence-electron chi connectivity index (χ2n) is 7.36. The zero-order valence-corrected chi connectivity index (χ0v) is 19.6. The number of sulfone groups is 1. The maximum atomic E-state index is 12.7. The number of fused-ring (bicyclic) bond motifs is 1. The Morgan fingerprint density at radius 2 is 1.75 bits per heavy atom. The van der Waals surface area contributed by atoms with Gasteiger partial charge < -0.3 is 19.3 Å². The largest absolute Gasteiger partial charge is 0.497 e. The molecule has 0 atom stereocenters. The third kappa shape index (κ3) is 4.81. The number of aromatic nitrogens is 1. The molecule has 0 spiro atoms. The van der Waals surface area contributed by atoms with E-state index in [0.29, 0.717) is 38.5 Å². The molecule has 1 fully saturated rings. The number of benzene rings is 2. The predicted octanol–water partition coefficient (Wildman–Crippen LogP) is 2.83. The van der Waals surface area contributed by atoms with E-state index in [0.717, 1.165) is 21.1 Å². The summed E-state index contributed by atoms with van der Waals surface area (Å²) in [6.07, 6.45) is 0. The van der Waals surface area contributed by atoms with Gasteiger partial charge in [-0.05, 0) is 49.4 Å². The van der Waals surface area contributed by atoms with Crippen LogP contribution in [0.1, 0.15) is 6.92 Å². The van der Waals surface area contributed by atoms with Crippen LogP contribution < -0.4 is 14.4 Å². The molecular formula is C22H25N3O5S2. The molecule has 1 saturated heterocycles. The van der Waals surface area contributed by atoms with E-state index in [1.165, 1.54) is 19.2 Å². The molecule has 0 saturated carbocycles. The van der Waals surface area contributed by atoms with Gasteiger partial charge in [0, 0.05) is 26.2 Å². The smallest absolute Gasteiger partial charge is 0.238 e. The van der Waals surface area contributed by atoms with Gasteiger partial charge in [0.05, 0.1) is 28.8 Å². The monoisotopic (exact) mass is 475 g/mol. The van der Waals surface area contributed by atoms with Crippen molar-refractivity contribution in [1.29, 1.82) is 0 Å². The molecule has 0 radical (unpaired) electrons. The third-order valence-electron chi connectivity index (χ3n) is 5.29. The highest BCUT2D eigenvalue weighted by molar-refractivity contribution is 7.92. The highest BCUT2D eigenvalue weighted by atomic mass is 32.2. The number of nitrogens with zero attached hydrogens (tertiary/aromatic N) is 3. The molecule has 1 amide bonds. The number of rotatable bonds is 7. The van der Waals surface area contributed by atoms with E-state index in [1.54, 1.807) is 28.4 Å². The van der Waals surface area contributed by atoms with E-state index in [2.05, 4.69) is 4.90 Å². The number of hydrogen-bond acceptors (Lipinski definition) is 8. The molecule has 1 aliphatic rings. The van der Waals surface area contributed by atoms with Crippen LogP contribution in [-0.2, 0) is 14.6 Å². The van der Waals surface area contributed by atoms with Crippen molar-refractivity contribution in [3.8, 4) is 11.5 Å². The molecule has 32 heavy (non-hydrogen) atoms. The Morgan fingerprint density at radius 1 is 1.06 bits per heavy atom. The van der Waals surface area contributed by atoms with Crippen LogP contribution in [0.3, 0.4) is 0 Å². The van der Waals surface area contributed by atoms with Gasteiger partial charge in [0.1, 0.15) is 17.3 Å². The van der Waals surface area contributed by atoms with Gasteiger partial charge in [-0.25, -0.2) is 13.4 Å². The summed E-state index contributed by atoms with van der Waals surface area (Å²) in [7, 11) is -2.20. The normalized spacial score (nSPS) is 14.6. The first-order valence-corrected chi connectivity index (χ1v) is 12.8. The molecule has 170 valence electrons. The molecule has 0 aliphatic carbocycles. The standard InChI is InChI=1S/C22H25N3O5S2/c1-3-30-17-6-9-19-20(14-17)31-22(23-19)25-12-10-24(11-13-25)21(26)15-32(27,28)18-7-4-16(29-2)5-8-18/h4-9,14H,3,10-13,15H2,1-2H3. The lowest BCUT2D eigenvalue weighted by Gasteiger charge is -2.34. The Balaban J connectivity index is 1.37. The molecule has 0 unspecified atom stereocenters. The lowest BCUT2D eigenvalue weighted by atomic mass is 10.3. The van der Waals surface area contributed by atoms with Gasteiger partial charge in [-0.3, -0.25) is 4.79 Å². The molecule has 1 aliphatic heterocycles. The Morgan fingerprint density at radius 3 is 2.41 bits per heavy atom. The van der Waals surface area contributed by atoms with Crippen LogP contribution in [0.4, 0.5) is 5.13 Å². The van der Waals surface area contributed by atoms with Gasteiger partial charge in [-0.2, -0.15) is 0 Å². The number of thiazole rings is 1. The van der Waals surface area contributed by atoms with E-state index >= 15 is 0 Å². The number of ether oxygens (including phenoxy) is 2. The number of carbonyl (C=O) groups excluding carboxylic acids is 1. The molecule has 4 rings (SSSR count). The number of methoxy groups -OCH3 is 1. The minimum atomic E-state index is -3.71. The van der Waals surface area contributed by atoms with E-state index < -0.39 is 15.6 Å². The second-order valence-corrected chi connectivity index (χ2v) is 10.4. The zero-order chi connectivity index (χ0) is 22.7. The molecule has 1 aromatic heterocycles. The molecule has 10 heteroatoms. The van der Waals surface area contributed by atoms with Crippen molar-refractivity contribution in [1.82, 2.24) is 9.88 Å². The Bertz CT molecular complexity index is 1200. The second kappa shape index (κ2) is 9.33. The van der Waals surface area contributed by atoms with Crippen LogP contribution in [0.2, 0.25) is 0 Å². The highest BCUT2D eigenvalue weighted by Crippen LogP contribution is 2.32. The Kier molecular flexibility index (Phi) is 6.52. The lowest BCUT2D eigenvalue weighted by molar-refractivity contribution is -0.128. The van der Waals surface area contributed by atoms with Crippen molar-refractivity contribution in [2.24, 2.45) is 0 Å². The third-order valence-corrected chi connectivity index (χ3v) is 7.99. The number of hydrogen-bond donors (Lipinski definition) is 0. The van der Waals surface area contributed by atoms with Crippen LogP contribution in [0.25, 0.3) is 10.2 Å². The summed E-state index contributed by atoms with van der Waals surface area (Å²) >= 11 is 1.59. The maximum absolute atomic E-state index is 12.7. The number of piperazine rings is 1. The summed E-state index contributed by atoms with van der Waals surface area (Å²) in [4.78, 5) is 21.2. The highest BCUT2D eigenvalue weighted by Gasteiger charge is 2.27. The van der Waals surface area contributed by atoms with Gasteiger partial charge in [0.15, 0.2) is 15.0 Å². The summed E-state index contributed by atoms with van der Waals surface area (Å²) in [6, 6.07) is 11.9. The fourth-order valence-corrected chi connectivity index (χ4v) is 5.82. The minimum Gasteiger partial charge on any atom is -0.497 e. The lowest BCUT2D eigenvalue weighted by Crippen LogP contribution is -2.50. The average molecular weight is 476 g/mol. The van der Waals surface area contributed by atoms with Crippen LogP contribution in [0.15, 0.2) is 47.4 Å². The summed E-state index contributed by atoms with van der Waals surface area (Å²) in [5.74, 6) is 0.464. The quantitative estimate of drug-likeness (QED) is 0.519. The predicted molar refractivity (Wildman–Crippen MR) is 125 cm³/mol. The van der Waals surface area contributed by atoms with Crippen molar-refractivity contribution in [3.63, 3.8) is 0 Å². The van der Waals surface area contributed by atoms with Gasteiger partial charge in [-0.15, -0.1) is 0 Å². The van der Waals surface area contributed by atoms with Crippen molar-refractivity contribution in [2.75, 3.05) is 50.5 Å². The molecule has 0 N–H and O–H groups in total. The van der Waals surface area contributed by atoms with Gasteiger partial charge >= 0.3 is 0 Å². The van der Waals surface area contributed by atoms with E-state index in [-0.39, 0.29) is 10.8 Å². The van der Waals surface area contributed by atoms with E-state index in [1.807, 2.05) is 25.1 Å². The SMILES string of the molecule is CCOc1ccc2nc(N3CCN(C(=O)CS(=O)(=O)c4ccc(OC)cc4)CC3)sc2c1. The molecule has 2 aromatic carbocycles. The molecule has 8 nitrogen and oxygen atoms in total. The summed E-state index contributed by atoms with van der Waals surface area (Å²) in [6.45, 7) is 4.68. The van der Waals surface area contributed by atoms with Crippen LogP contribution in [0.5, 0.6) is 11.5 Å². The minimum absolute atomic E-state index is 0.117. The Hall–Kier alpha value is -2.85. The summed E-state index contributed by atoms with van der Waals surface area (Å²) in [5.41, 5.74) is 0.914. The van der Waals surface area contributed by atoms with E-state index in [9.17, 15) is 13.2 Å². The molecule has 0 bridgehead atoms. The van der Waals surface area contributed by atoms with Crippen molar-refractivity contribution >= 4 is 42.4 Å². The topological polar surface area (TPSA) is 89.0 Å². The maximum Gasteiger partial charge on any atom is 0.238 e. The number of anilines is 1. The zero-order valence-electron chi connectivity index (χ0n) is 18.0. The van der Waals surface area contributed by atoms with E-state index in [4.69, 9.17) is 14.5 Å². The van der Waals surface area contributed by atoms with Gasteiger partial charge in [0.25, 0.3) is 0 Å². The van der Waals surface area contributed by atoms with Crippen LogP contribution in [-0.4, -0.2) is 69.9 Å². The Labute approximate surface area is 191 Å². The fourth-order valence-electron chi connectivity index (χ4n) is 3.55. The first-order chi connectivity index (χ1) is 15.4. The molecule has 2 heterocycles. The molecular weight excluding hydrogens is 450 g/mol. The van der Waals surface area contributed by atoms with Gasteiger partial charge in [-0.1, -0.05) is 11.3 Å². The average Bonchev–Trinajstić information content (AvgIpc) is 3.22. The first kappa shape index (κ1) is 22.3. The van der Waals surface area contributed by atoms with Gasteiger partial charge in [0.2, 0.25) is 5.91 Å². The van der Waals surface area contributed by atoms with Crippen molar-refractivity contribution in [2.45, 2.75) is 11.8 Å². The number of amides is 1. The van der Waals surface area contributed by atoms with Crippen molar-refractivity contribution < 1.29 is 22.7 Å². The first-order valence-electron chi connectivity index (χ1n) is 10.3. The van der Waals surface area contributed by atoms with Crippen LogP contribution >= 0.6 is 11.3 Å². The summed E-state index contributed by atoms with van der Waals surface area (Å²) < 4.78 is 36.9. The van der Waals surface area contributed by atoms with Crippen LogP contribution in [0, 0.1) is 0 Å².